The highest BCUT2D eigenvalue weighted by Gasteiger charge is 2.48. The lowest BCUT2D eigenvalue weighted by Crippen LogP contribution is -2.54. The van der Waals surface area contributed by atoms with Crippen molar-refractivity contribution in [2.45, 2.75) is 63.6 Å². The van der Waals surface area contributed by atoms with Gasteiger partial charge in [0.15, 0.2) is 15.1 Å². The van der Waals surface area contributed by atoms with Crippen LogP contribution in [0.3, 0.4) is 0 Å². The van der Waals surface area contributed by atoms with Crippen LogP contribution in [0.2, 0.25) is 0 Å². The lowest BCUT2D eigenvalue weighted by Gasteiger charge is -2.45. The van der Waals surface area contributed by atoms with E-state index in [9.17, 15) is 23.1 Å². The van der Waals surface area contributed by atoms with Gasteiger partial charge in [0.25, 0.3) is 0 Å². The first-order valence-corrected chi connectivity index (χ1v) is 12.5. The molecular formula is C24H33NO7S. The Morgan fingerprint density at radius 3 is 2.39 bits per heavy atom. The molecule has 1 aromatic rings. The third-order valence-corrected chi connectivity index (χ3v) is 7.98. The number of nitrogens with zero attached hydrogens (tertiary/aromatic N) is 1. The van der Waals surface area contributed by atoms with E-state index >= 15 is 0 Å². The molecule has 33 heavy (non-hydrogen) atoms. The van der Waals surface area contributed by atoms with Crippen molar-refractivity contribution in [1.82, 2.24) is 4.90 Å². The summed E-state index contributed by atoms with van der Waals surface area (Å²) in [6.07, 6.45) is -0.555. The molecule has 1 N–H and O–H groups in total. The van der Waals surface area contributed by atoms with Gasteiger partial charge in [-0.1, -0.05) is 26.7 Å². The summed E-state index contributed by atoms with van der Waals surface area (Å²) < 4.78 is 37.8. The molecule has 2 rings (SSSR count). The molecule has 3 unspecified atom stereocenters. The fourth-order valence-electron chi connectivity index (χ4n) is 4.18. The second-order valence-corrected chi connectivity index (χ2v) is 11.1. The van der Waals surface area contributed by atoms with Gasteiger partial charge in [0.05, 0.1) is 11.5 Å². The minimum absolute atomic E-state index is 0.0116. The first-order valence-electron chi connectivity index (χ1n) is 11.0. The van der Waals surface area contributed by atoms with Crippen molar-refractivity contribution in [3.63, 3.8) is 0 Å². The second-order valence-electron chi connectivity index (χ2n) is 9.05. The summed E-state index contributed by atoms with van der Waals surface area (Å²) in [7, 11) is -4.09. The number of esters is 1. The van der Waals surface area contributed by atoms with E-state index in [0.29, 0.717) is 5.75 Å². The third kappa shape index (κ3) is 6.41. The molecule has 0 aromatic heterocycles. The van der Waals surface area contributed by atoms with Crippen molar-refractivity contribution < 1.29 is 32.6 Å². The van der Waals surface area contributed by atoms with Gasteiger partial charge < -0.3 is 19.5 Å². The highest BCUT2D eigenvalue weighted by molar-refractivity contribution is 7.92. The molecule has 0 aliphatic carbocycles. The summed E-state index contributed by atoms with van der Waals surface area (Å²) in [4.78, 5) is 26.0. The van der Waals surface area contributed by atoms with Crippen molar-refractivity contribution >= 4 is 21.9 Å². The Hall–Kier alpha value is -2.73. The molecule has 1 saturated heterocycles. The zero-order valence-electron chi connectivity index (χ0n) is 19.8. The number of hydrogen-bond donors (Lipinski definition) is 1. The number of piperidine rings is 1. The number of ether oxygens (including phenoxy) is 2. The summed E-state index contributed by atoms with van der Waals surface area (Å²) in [6, 6.07) is 5.43. The molecule has 1 aliphatic heterocycles. The van der Waals surface area contributed by atoms with Gasteiger partial charge in [0.1, 0.15) is 12.4 Å². The van der Waals surface area contributed by atoms with Gasteiger partial charge >= 0.3 is 12.1 Å². The topological polar surface area (TPSA) is 110 Å². The fraction of sp³-hybridized carbons (Fsp3) is 0.583. The van der Waals surface area contributed by atoms with Gasteiger partial charge in [-0.25, -0.2) is 13.2 Å². The Morgan fingerprint density at radius 1 is 1.24 bits per heavy atom. The third-order valence-electron chi connectivity index (χ3n) is 5.81. The largest absolute Gasteiger partial charge is 0.481 e. The Morgan fingerprint density at radius 2 is 1.88 bits per heavy atom. The van der Waals surface area contributed by atoms with Gasteiger partial charge in [0, 0.05) is 12.6 Å². The molecular weight excluding hydrogens is 446 g/mol. The molecule has 8 nitrogen and oxygen atoms in total. The van der Waals surface area contributed by atoms with Crippen molar-refractivity contribution in [2.75, 3.05) is 19.8 Å². The summed E-state index contributed by atoms with van der Waals surface area (Å²) in [5.74, 6) is 4.55. The molecule has 1 amide bonds. The van der Waals surface area contributed by atoms with E-state index in [4.69, 9.17) is 9.47 Å². The Balaban J connectivity index is 2.40. The molecule has 3 atom stereocenters. The number of rotatable bonds is 7. The van der Waals surface area contributed by atoms with Crippen LogP contribution in [0, 0.1) is 23.2 Å². The van der Waals surface area contributed by atoms with Crippen molar-refractivity contribution in [3.8, 4) is 17.6 Å². The zero-order chi connectivity index (χ0) is 24.8. The zero-order valence-corrected chi connectivity index (χ0v) is 20.6. The van der Waals surface area contributed by atoms with Crippen LogP contribution < -0.4 is 4.74 Å². The average molecular weight is 480 g/mol. The van der Waals surface area contributed by atoms with E-state index in [1.54, 1.807) is 13.8 Å². The number of carbonyl (C=O) groups excluding carboxylic acids is 1. The first-order chi connectivity index (χ1) is 15.4. The maximum absolute atomic E-state index is 13.6. The van der Waals surface area contributed by atoms with E-state index in [-0.39, 0.29) is 37.5 Å². The second kappa shape index (κ2) is 10.9. The number of sulfone groups is 1. The number of carbonyl (C=O) groups is 2. The summed E-state index contributed by atoms with van der Waals surface area (Å²) in [5, 5.41) is 8.21. The Bertz CT molecular complexity index is 1000. The van der Waals surface area contributed by atoms with Gasteiger partial charge in [0.2, 0.25) is 0 Å². The standard InChI is InChI=1S/C24H33NO7S/c1-6-8-15-32-18-9-11-19(12-10-18)33(29,30)21(22(26)31-7-2)17-13-14-25(23(27)28)20(16-17)24(3,4)5/h9-12,17,20-21H,7,13-16H2,1-5H3,(H,27,28). The predicted molar refractivity (Wildman–Crippen MR) is 124 cm³/mol. The Labute approximate surface area is 196 Å². The number of hydrogen-bond acceptors (Lipinski definition) is 6. The maximum Gasteiger partial charge on any atom is 0.407 e. The quantitative estimate of drug-likeness (QED) is 0.470. The number of likely N-dealkylation sites (tertiary alicyclic amines) is 1. The molecule has 9 heteroatoms. The van der Waals surface area contributed by atoms with Crippen LogP contribution in [0.1, 0.15) is 47.5 Å². The van der Waals surface area contributed by atoms with Gasteiger partial charge in [-0.05, 0) is 62.3 Å². The summed E-state index contributed by atoms with van der Waals surface area (Å²) in [6.45, 7) is 9.43. The monoisotopic (exact) mass is 479 g/mol. The van der Waals surface area contributed by atoms with Crippen molar-refractivity contribution in [2.24, 2.45) is 11.3 Å². The van der Waals surface area contributed by atoms with Crippen molar-refractivity contribution in [1.29, 1.82) is 0 Å². The van der Waals surface area contributed by atoms with E-state index in [1.807, 2.05) is 20.8 Å². The van der Waals surface area contributed by atoms with E-state index in [1.165, 1.54) is 29.2 Å². The van der Waals surface area contributed by atoms with Crippen LogP contribution in [-0.2, 0) is 19.4 Å². The van der Waals surface area contributed by atoms with Crippen molar-refractivity contribution in [3.05, 3.63) is 24.3 Å². The molecule has 1 fully saturated rings. The SMILES string of the molecule is CC#CCOc1ccc(S(=O)(=O)C(C(=O)OCC)C2CCN(C(=O)O)C(C(C)(C)C)C2)cc1. The lowest BCUT2D eigenvalue weighted by atomic mass is 9.76. The fourth-order valence-corrected chi connectivity index (χ4v) is 6.06. The van der Waals surface area contributed by atoms with Gasteiger partial charge in [-0.3, -0.25) is 4.79 Å². The number of benzene rings is 1. The highest BCUT2D eigenvalue weighted by Crippen LogP contribution is 2.39. The Kier molecular flexibility index (Phi) is 8.78. The number of amides is 1. The minimum Gasteiger partial charge on any atom is -0.481 e. The minimum atomic E-state index is -4.09. The van der Waals surface area contributed by atoms with Gasteiger partial charge in [-0.15, -0.1) is 5.92 Å². The number of carboxylic acid groups (broad SMARTS) is 1. The molecule has 1 heterocycles. The van der Waals surface area contributed by atoms with Crippen LogP contribution in [-0.4, -0.2) is 61.5 Å². The van der Waals surface area contributed by atoms with Crippen LogP contribution in [0.25, 0.3) is 0 Å². The molecule has 1 aliphatic rings. The molecule has 182 valence electrons. The molecule has 0 saturated carbocycles. The summed E-state index contributed by atoms with van der Waals surface area (Å²) in [5.41, 5.74) is -0.430. The smallest absolute Gasteiger partial charge is 0.407 e. The average Bonchev–Trinajstić information content (AvgIpc) is 2.73. The first kappa shape index (κ1) is 26.5. The molecule has 1 aromatic carbocycles. The van der Waals surface area contributed by atoms with E-state index < -0.39 is 44.5 Å². The van der Waals surface area contributed by atoms with Crippen LogP contribution in [0.15, 0.2) is 29.2 Å². The summed E-state index contributed by atoms with van der Waals surface area (Å²) >= 11 is 0. The van der Waals surface area contributed by atoms with Crippen LogP contribution in [0.5, 0.6) is 5.75 Å². The normalized spacial score (nSPS) is 19.7. The molecule has 0 spiro atoms. The van der Waals surface area contributed by atoms with Gasteiger partial charge in [-0.2, -0.15) is 0 Å². The lowest BCUT2D eigenvalue weighted by molar-refractivity contribution is -0.144. The van der Waals surface area contributed by atoms with E-state index in [0.717, 1.165) is 0 Å². The van der Waals surface area contributed by atoms with E-state index in [2.05, 4.69) is 11.8 Å². The predicted octanol–water partition coefficient (Wildman–Crippen LogP) is 3.60. The van der Waals surface area contributed by atoms with Crippen LogP contribution >= 0.6 is 0 Å². The molecule has 0 bridgehead atoms. The highest BCUT2D eigenvalue weighted by atomic mass is 32.2. The van der Waals surface area contributed by atoms with Crippen LogP contribution in [0.4, 0.5) is 4.79 Å². The maximum atomic E-state index is 13.6. The molecule has 0 radical (unpaired) electrons.